The van der Waals surface area contributed by atoms with E-state index in [4.69, 9.17) is 5.11 Å². The highest BCUT2D eigenvalue weighted by molar-refractivity contribution is 7.13. The van der Waals surface area contributed by atoms with E-state index in [1.807, 2.05) is 0 Å². The number of benzene rings is 1. The van der Waals surface area contributed by atoms with E-state index >= 15 is 0 Å². The molecule has 0 atom stereocenters. The highest BCUT2D eigenvalue weighted by atomic mass is 32.1. The fourth-order valence-corrected chi connectivity index (χ4v) is 2.05. The summed E-state index contributed by atoms with van der Waals surface area (Å²) in [4.78, 5) is 10.4. The largest absolute Gasteiger partial charge is 0.477 e. The van der Waals surface area contributed by atoms with Gasteiger partial charge in [-0.15, -0.1) is 0 Å². The Hall–Kier alpha value is -1.56. The molecule has 0 aliphatic carbocycles. The van der Waals surface area contributed by atoms with Crippen LogP contribution in [0.2, 0.25) is 0 Å². The predicted octanol–water partition coefficient (Wildman–Crippen LogP) is 2.47. The summed E-state index contributed by atoms with van der Waals surface area (Å²) < 4.78 is 30.5. The molecular weight excluding hydrogens is 224 g/mol. The molecule has 0 aliphatic heterocycles. The maximum Gasteiger partial charge on any atom is 0.379 e. The number of alkyl halides is 2. The molecule has 1 aromatic carbocycles. The summed E-state index contributed by atoms with van der Waals surface area (Å²) in [6.07, 6.45) is 1.43. The average molecular weight is 229 g/mol. The van der Waals surface area contributed by atoms with E-state index in [0.29, 0.717) is 5.39 Å². The van der Waals surface area contributed by atoms with Crippen LogP contribution < -0.4 is 0 Å². The summed E-state index contributed by atoms with van der Waals surface area (Å²) in [5.74, 6) is -6.02. The Morgan fingerprint density at radius 3 is 2.87 bits per heavy atom. The van der Waals surface area contributed by atoms with E-state index in [-0.39, 0.29) is 4.70 Å². The van der Waals surface area contributed by atoms with Crippen LogP contribution in [-0.4, -0.2) is 15.4 Å². The molecule has 0 saturated carbocycles. The molecule has 6 heteroatoms. The smallest absolute Gasteiger partial charge is 0.379 e. The summed E-state index contributed by atoms with van der Waals surface area (Å²) in [7, 11) is 0. The van der Waals surface area contributed by atoms with Crippen LogP contribution in [0.3, 0.4) is 0 Å². The molecule has 2 rings (SSSR count). The third-order valence-electron chi connectivity index (χ3n) is 1.99. The van der Waals surface area contributed by atoms with Crippen LogP contribution in [0.15, 0.2) is 24.4 Å². The Bertz CT molecular complexity index is 524. The van der Waals surface area contributed by atoms with Gasteiger partial charge in [0.2, 0.25) is 0 Å². The van der Waals surface area contributed by atoms with E-state index < -0.39 is 17.5 Å². The molecular formula is C9H5F2NO2S. The van der Waals surface area contributed by atoms with Gasteiger partial charge in [0.15, 0.2) is 0 Å². The van der Waals surface area contributed by atoms with Gasteiger partial charge in [0.1, 0.15) is 0 Å². The molecule has 3 nitrogen and oxygen atoms in total. The lowest BCUT2D eigenvalue weighted by atomic mass is 10.1. The van der Waals surface area contributed by atoms with Gasteiger partial charge in [0, 0.05) is 11.6 Å². The quantitative estimate of drug-likeness (QED) is 0.860. The Balaban J connectivity index is 2.71. The standard InChI is InChI=1S/C9H5F2NO2S/c10-9(11,8(13)14)6-3-1-2-5-4-12-15-7(5)6/h1-4H,(H,13,14). The second-order valence-corrected chi connectivity index (χ2v) is 3.73. The minimum atomic E-state index is -3.87. The SMILES string of the molecule is O=C(O)C(F)(F)c1cccc2cnsc12. The lowest BCUT2D eigenvalue weighted by Crippen LogP contribution is -2.25. The molecule has 0 aliphatic rings. The number of nitrogens with zero attached hydrogens (tertiary/aromatic N) is 1. The second kappa shape index (κ2) is 3.23. The maximum absolute atomic E-state index is 13.3. The van der Waals surface area contributed by atoms with Crippen LogP contribution in [0.1, 0.15) is 5.56 Å². The van der Waals surface area contributed by atoms with Crippen LogP contribution in [0.5, 0.6) is 0 Å². The fourth-order valence-electron chi connectivity index (χ4n) is 1.26. The number of carboxylic acid groups (broad SMARTS) is 1. The van der Waals surface area contributed by atoms with Crippen LogP contribution >= 0.6 is 11.5 Å². The average Bonchev–Trinajstić information content (AvgIpc) is 2.64. The molecule has 0 fully saturated rings. The molecule has 0 amide bonds. The number of hydrogen-bond donors (Lipinski definition) is 1. The van der Waals surface area contributed by atoms with Gasteiger partial charge in [-0.3, -0.25) is 0 Å². The van der Waals surface area contributed by atoms with Crippen molar-refractivity contribution in [2.24, 2.45) is 0 Å². The van der Waals surface area contributed by atoms with Crippen molar-refractivity contribution < 1.29 is 18.7 Å². The van der Waals surface area contributed by atoms with E-state index in [0.717, 1.165) is 17.6 Å². The topological polar surface area (TPSA) is 50.2 Å². The van der Waals surface area contributed by atoms with Gasteiger partial charge >= 0.3 is 11.9 Å². The molecule has 1 heterocycles. The van der Waals surface area contributed by atoms with Crippen molar-refractivity contribution in [2.45, 2.75) is 5.92 Å². The summed E-state index contributed by atoms with van der Waals surface area (Å²) in [5.41, 5.74) is -0.505. The lowest BCUT2D eigenvalue weighted by molar-refractivity contribution is -0.166. The Morgan fingerprint density at radius 1 is 1.47 bits per heavy atom. The molecule has 2 aromatic rings. The van der Waals surface area contributed by atoms with E-state index in [1.165, 1.54) is 12.3 Å². The first-order valence-corrected chi connectivity index (χ1v) is 4.76. The number of aliphatic carboxylic acids is 1. The zero-order valence-corrected chi connectivity index (χ0v) is 8.09. The molecule has 0 bridgehead atoms. The van der Waals surface area contributed by atoms with Crippen molar-refractivity contribution in [3.05, 3.63) is 30.0 Å². The van der Waals surface area contributed by atoms with Crippen LogP contribution in [-0.2, 0) is 10.7 Å². The van der Waals surface area contributed by atoms with Crippen molar-refractivity contribution >= 4 is 27.6 Å². The van der Waals surface area contributed by atoms with Gasteiger partial charge in [0.05, 0.1) is 10.3 Å². The molecule has 0 unspecified atom stereocenters. The van der Waals surface area contributed by atoms with Gasteiger partial charge in [-0.25, -0.2) is 4.79 Å². The third-order valence-corrected chi connectivity index (χ3v) is 2.84. The van der Waals surface area contributed by atoms with E-state index in [9.17, 15) is 13.6 Å². The number of hydrogen-bond acceptors (Lipinski definition) is 3. The van der Waals surface area contributed by atoms with Gasteiger partial charge in [-0.1, -0.05) is 18.2 Å². The minimum Gasteiger partial charge on any atom is -0.477 e. The highest BCUT2D eigenvalue weighted by Gasteiger charge is 2.42. The monoisotopic (exact) mass is 229 g/mol. The number of halogens is 2. The molecule has 15 heavy (non-hydrogen) atoms. The van der Waals surface area contributed by atoms with Crippen molar-refractivity contribution in [2.75, 3.05) is 0 Å². The minimum absolute atomic E-state index is 0.213. The summed E-state index contributed by atoms with van der Waals surface area (Å²) in [6.45, 7) is 0. The zero-order chi connectivity index (χ0) is 11.1. The molecule has 78 valence electrons. The first-order valence-electron chi connectivity index (χ1n) is 3.98. The van der Waals surface area contributed by atoms with Crippen molar-refractivity contribution in [1.29, 1.82) is 0 Å². The van der Waals surface area contributed by atoms with Gasteiger partial charge in [0.25, 0.3) is 0 Å². The van der Waals surface area contributed by atoms with Gasteiger partial charge in [-0.2, -0.15) is 13.2 Å². The lowest BCUT2D eigenvalue weighted by Gasteiger charge is -2.11. The van der Waals surface area contributed by atoms with Gasteiger partial charge < -0.3 is 5.11 Å². The maximum atomic E-state index is 13.3. The summed E-state index contributed by atoms with van der Waals surface area (Å²) >= 11 is 0.865. The number of aromatic nitrogens is 1. The first kappa shape index (κ1) is 9.97. The summed E-state index contributed by atoms with van der Waals surface area (Å²) in [5, 5.41) is 8.95. The van der Waals surface area contributed by atoms with Gasteiger partial charge in [-0.05, 0) is 11.5 Å². The van der Waals surface area contributed by atoms with Crippen LogP contribution in [0.4, 0.5) is 8.78 Å². The van der Waals surface area contributed by atoms with E-state index in [1.54, 1.807) is 6.07 Å². The van der Waals surface area contributed by atoms with Crippen molar-refractivity contribution in [1.82, 2.24) is 4.37 Å². The zero-order valence-electron chi connectivity index (χ0n) is 7.28. The first-order chi connectivity index (χ1) is 7.03. The second-order valence-electron chi connectivity index (χ2n) is 2.93. The molecule has 1 aromatic heterocycles. The molecule has 0 spiro atoms. The van der Waals surface area contributed by atoms with Crippen LogP contribution in [0.25, 0.3) is 10.1 Å². The number of fused-ring (bicyclic) bond motifs is 1. The third kappa shape index (κ3) is 1.46. The highest BCUT2D eigenvalue weighted by Crippen LogP contribution is 2.35. The number of carbonyl (C=O) groups is 1. The molecule has 0 radical (unpaired) electrons. The normalized spacial score (nSPS) is 11.9. The van der Waals surface area contributed by atoms with E-state index in [2.05, 4.69) is 4.37 Å². The predicted molar refractivity (Wildman–Crippen MR) is 51.1 cm³/mol. The Morgan fingerprint density at radius 2 is 2.20 bits per heavy atom. The number of rotatable bonds is 2. The molecule has 1 N–H and O–H groups in total. The number of carboxylic acids is 1. The summed E-state index contributed by atoms with van der Waals surface area (Å²) in [6, 6.07) is 4.11. The van der Waals surface area contributed by atoms with Crippen molar-refractivity contribution in [3.8, 4) is 0 Å². The Labute approximate surface area is 87.1 Å². The molecule has 0 saturated heterocycles. The van der Waals surface area contributed by atoms with Crippen LogP contribution in [0, 0.1) is 0 Å². The fraction of sp³-hybridized carbons (Fsp3) is 0.111. The Kier molecular flexibility index (Phi) is 2.15. The van der Waals surface area contributed by atoms with Crippen molar-refractivity contribution in [3.63, 3.8) is 0 Å².